The maximum atomic E-state index is 11.7. The Morgan fingerprint density at radius 3 is 2.89 bits per heavy atom. The molecule has 0 atom stereocenters. The van der Waals surface area contributed by atoms with Gasteiger partial charge >= 0.3 is 0 Å². The van der Waals surface area contributed by atoms with Crippen LogP contribution in [-0.4, -0.2) is 27.4 Å². The minimum absolute atomic E-state index is 0.219. The van der Waals surface area contributed by atoms with Crippen LogP contribution in [0.1, 0.15) is 22.7 Å². The highest BCUT2D eigenvalue weighted by molar-refractivity contribution is 6.41. The Kier molecular flexibility index (Phi) is 4.28. The van der Waals surface area contributed by atoms with Gasteiger partial charge in [-0.3, -0.25) is 4.79 Å². The van der Waals surface area contributed by atoms with E-state index in [2.05, 4.69) is 20.3 Å². The average molecular weight is 287 g/mol. The molecule has 0 aliphatic rings. The number of aromatic amines is 2. The van der Waals surface area contributed by atoms with E-state index in [-0.39, 0.29) is 11.1 Å². The van der Waals surface area contributed by atoms with E-state index in [4.69, 9.17) is 23.2 Å². The molecular weight excluding hydrogens is 275 g/mol. The molecule has 2 heterocycles. The van der Waals surface area contributed by atoms with Gasteiger partial charge in [-0.2, -0.15) is 0 Å². The molecule has 2 aromatic heterocycles. The smallest absolute Gasteiger partial charge is 0.267 e. The van der Waals surface area contributed by atoms with Gasteiger partial charge in [-0.25, -0.2) is 4.98 Å². The van der Waals surface area contributed by atoms with E-state index in [1.165, 1.54) is 6.07 Å². The van der Waals surface area contributed by atoms with Gasteiger partial charge in [-0.1, -0.05) is 23.2 Å². The summed E-state index contributed by atoms with van der Waals surface area (Å²) in [5, 5.41) is 3.39. The van der Waals surface area contributed by atoms with E-state index in [0.717, 1.165) is 18.7 Å². The highest BCUT2D eigenvalue weighted by Gasteiger charge is 2.10. The van der Waals surface area contributed by atoms with E-state index in [0.29, 0.717) is 17.3 Å². The van der Waals surface area contributed by atoms with Gasteiger partial charge in [0.25, 0.3) is 5.91 Å². The summed E-state index contributed by atoms with van der Waals surface area (Å²) in [6, 6.07) is 1.51. The molecule has 1 amide bonds. The van der Waals surface area contributed by atoms with Crippen LogP contribution in [0.15, 0.2) is 18.5 Å². The molecule has 96 valence electrons. The molecule has 0 saturated carbocycles. The van der Waals surface area contributed by atoms with Crippen LogP contribution in [0, 0.1) is 0 Å². The highest BCUT2D eigenvalue weighted by atomic mass is 35.5. The molecule has 0 aliphatic carbocycles. The van der Waals surface area contributed by atoms with E-state index >= 15 is 0 Å². The highest BCUT2D eigenvalue weighted by Crippen LogP contribution is 2.21. The van der Waals surface area contributed by atoms with E-state index in [9.17, 15) is 4.79 Å². The summed E-state index contributed by atoms with van der Waals surface area (Å²) in [5.41, 5.74) is 0.364. The summed E-state index contributed by atoms with van der Waals surface area (Å²) in [4.78, 5) is 21.5. The summed E-state index contributed by atoms with van der Waals surface area (Å²) in [5.74, 6) is 0.693. The predicted octanol–water partition coefficient (Wildman–Crippen LogP) is 2.41. The molecule has 0 saturated heterocycles. The second kappa shape index (κ2) is 5.93. The lowest BCUT2D eigenvalue weighted by Crippen LogP contribution is -2.25. The Bertz CT molecular complexity index is 502. The number of hydrogen-bond donors (Lipinski definition) is 3. The van der Waals surface area contributed by atoms with Gasteiger partial charge in [0.2, 0.25) is 0 Å². The summed E-state index contributed by atoms with van der Waals surface area (Å²) in [7, 11) is 0. The van der Waals surface area contributed by atoms with Gasteiger partial charge in [0.05, 0.1) is 5.02 Å². The fourth-order valence-corrected chi connectivity index (χ4v) is 1.83. The molecule has 7 heteroatoms. The zero-order valence-corrected chi connectivity index (χ0v) is 11.0. The quantitative estimate of drug-likeness (QED) is 0.739. The standard InChI is InChI=1S/C11H12Cl2N4O/c12-7-6-8(17-10(7)13)11(18)16-3-1-2-9-14-4-5-15-9/h4-6,17H,1-3H2,(H,14,15)(H,16,18). The van der Waals surface area contributed by atoms with Crippen LogP contribution in [0.4, 0.5) is 0 Å². The normalized spacial score (nSPS) is 10.6. The molecule has 18 heavy (non-hydrogen) atoms. The average Bonchev–Trinajstić information content (AvgIpc) is 2.96. The minimum atomic E-state index is -0.219. The largest absolute Gasteiger partial charge is 0.351 e. The predicted molar refractivity (Wildman–Crippen MR) is 70.1 cm³/mol. The van der Waals surface area contributed by atoms with Crippen molar-refractivity contribution >= 4 is 29.1 Å². The second-order valence-corrected chi connectivity index (χ2v) is 4.53. The summed E-state index contributed by atoms with van der Waals surface area (Å²) in [6.07, 6.45) is 5.08. The monoisotopic (exact) mass is 286 g/mol. The minimum Gasteiger partial charge on any atom is -0.351 e. The number of amides is 1. The number of nitrogens with one attached hydrogen (secondary N) is 3. The van der Waals surface area contributed by atoms with Crippen LogP contribution in [0.5, 0.6) is 0 Å². The summed E-state index contributed by atoms with van der Waals surface area (Å²) in [6.45, 7) is 0.563. The van der Waals surface area contributed by atoms with Crippen molar-refractivity contribution in [1.29, 1.82) is 0 Å². The lowest BCUT2D eigenvalue weighted by Gasteiger charge is -2.02. The first kappa shape index (κ1) is 13.0. The Labute approximate surface area is 114 Å². The van der Waals surface area contributed by atoms with E-state index < -0.39 is 0 Å². The number of aromatic nitrogens is 3. The molecule has 0 aliphatic heterocycles. The van der Waals surface area contributed by atoms with Gasteiger partial charge in [0.1, 0.15) is 16.7 Å². The van der Waals surface area contributed by atoms with Crippen LogP contribution in [0.25, 0.3) is 0 Å². The molecule has 2 rings (SSSR count). The van der Waals surface area contributed by atoms with Crippen LogP contribution in [-0.2, 0) is 6.42 Å². The molecule has 0 radical (unpaired) electrons. The molecule has 0 fully saturated rings. The maximum Gasteiger partial charge on any atom is 0.267 e. The number of imidazole rings is 1. The summed E-state index contributed by atoms with van der Waals surface area (Å²) < 4.78 is 0. The van der Waals surface area contributed by atoms with Crippen molar-refractivity contribution in [2.75, 3.05) is 6.54 Å². The third kappa shape index (κ3) is 3.27. The molecular formula is C11H12Cl2N4O. The zero-order valence-electron chi connectivity index (χ0n) is 9.46. The second-order valence-electron chi connectivity index (χ2n) is 3.74. The topological polar surface area (TPSA) is 73.6 Å². The number of carbonyl (C=O) groups excluding carboxylic acids is 1. The number of halogens is 2. The fourth-order valence-electron chi connectivity index (χ4n) is 1.51. The van der Waals surface area contributed by atoms with Crippen LogP contribution < -0.4 is 5.32 Å². The number of aryl methyl sites for hydroxylation is 1. The Morgan fingerprint density at radius 2 is 2.28 bits per heavy atom. The zero-order chi connectivity index (χ0) is 13.0. The van der Waals surface area contributed by atoms with Crippen molar-refractivity contribution in [2.24, 2.45) is 0 Å². The van der Waals surface area contributed by atoms with E-state index in [1.54, 1.807) is 12.4 Å². The van der Waals surface area contributed by atoms with Crippen LogP contribution in [0.2, 0.25) is 10.2 Å². The summed E-state index contributed by atoms with van der Waals surface area (Å²) >= 11 is 11.5. The van der Waals surface area contributed by atoms with Crippen molar-refractivity contribution in [3.05, 3.63) is 40.2 Å². The molecule has 0 aromatic carbocycles. The molecule has 0 bridgehead atoms. The van der Waals surface area contributed by atoms with Gasteiger partial charge in [0, 0.05) is 25.4 Å². The third-order valence-corrected chi connectivity index (χ3v) is 3.09. The Morgan fingerprint density at radius 1 is 1.44 bits per heavy atom. The van der Waals surface area contributed by atoms with Crippen molar-refractivity contribution in [3.63, 3.8) is 0 Å². The Balaban J connectivity index is 1.75. The number of hydrogen-bond acceptors (Lipinski definition) is 2. The number of rotatable bonds is 5. The number of carbonyl (C=O) groups is 1. The van der Waals surface area contributed by atoms with Gasteiger partial charge in [-0.05, 0) is 12.5 Å². The third-order valence-electron chi connectivity index (χ3n) is 2.40. The van der Waals surface area contributed by atoms with Crippen molar-refractivity contribution < 1.29 is 4.79 Å². The lowest BCUT2D eigenvalue weighted by atomic mass is 10.3. The first-order chi connectivity index (χ1) is 8.66. The fraction of sp³-hybridized carbons (Fsp3) is 0.273. The van der Waals surface area contributed by atoms with Crippen molar-refractivity contribution in [2.45, 2.75) is 12.8 Å². The molecule has 5 nitrogen and oxygen atoms in total. The van der Waals surface area contributed by atoms with Crippen molar-refractivity contribution in [3.8, 4) is 0 Å². The first-order valence-electron chi connectivity index (χ1n) is 5.47. The van der Waals surface area contributed by atoms with E-state index in [1.807, 2.05) is 0 Å². The Hall–Kier alpha value is -1.46. The molecule has 0 spiro atoms. The molecule has 2 aromatic rings. The number of H-pyrrole nitrogens is 2. The molecule has 0 unspecified atom stereocenters. The van der Waals surface area contributed by atoms with Crippen molar-refractivity contribution in [1.82, 2.24) is 20.3 Å². The van der Waals surface area contributed by atoms with Crippen LogP contribution >= 0.6 is 23.2 Å². The first-order valence-corrected chi connectivity index (χ1v) is 6.23. The lowest BCUT2D eigenvalue weighted by molar-refractivity contribution is 0.0949. The van der Waals surface area contributed by atoms with Gasteiger partial charge in [-0.15, -0.1) is 0 Å². The van der Waals surface area contributed by atoms with Gasteiger partial charge < -0.3 is 15.3 Å². The van der Waals surface area contributed by atoms with Crippen LogP contribution in [0.3, 0.4) is 0 Å². The SMILES string of the molecule is O=C(NCCCc1ncc[nH]1)c1cc(Cl)c(Cl)[nH]1. The maximum absolute atomic E-state index is 11.7. The number of nitrogens with zero attached hydrogens (tertiary/aromatic N) is 1. The molecule has 3 N–H and O–H groups in total. The van der Waals surface area contributed by atoms with Gasteiger partial charge in [0.15, 0.2) is 0 Å².